The van der Waals surface area contributed by atoms with Gasteiger partial charge in [-0.1, -0.05) is 13.0 Å². The summed E-state index contributed by atoms with van der Waals surface area (Å²) in [4.78, 5) is 0. The number of nitrogens with zero attached hydrogens (tertiary/aromatic N) is 1. The molecule has 0 aromatic heterocycles. The highest BCUT2D eigenvalue weighted by Gasteiger charge is 2.02. The summed E-state index contributed by atoms with van der Waals surface area (Å²) in [5.41, 5.74) is 1.04. The Morgan fingerprint density at radius 1 is 1.42 bits per heavy atom. The fourth-order valence-corrected chi connectivity index (χ4v) is 1.67. The molecule has 0 fully saturated rings. The van der Waals surface area contributed by atoms with Crippen LogP contribution >= 0.6 is 0 Å². The third-order valence-electron chi connectivity index (χ3n) is 2.64. The number of hydrogen-bond acceptors (Lipinski definition) is 4. The second-order valence-corrected chi connectivity index (χ2v) is 4.58. The molecule has 1 rings (SSSR count). The minimum absolute atomic E-state index is 0.463. The minimum Gasteiger partial charge on any atom is -0.493 e. The Labute approximate surface area is 115 Å². The molecule has 1 unspecified atom stereocenters. The van der Waals surface area contributed by atoms with Crippen molar-refractivity contribution in [1.29, 1.82) is 5.26 Å². The average Bonchev–Trinajstić information content (AvgIpc) is 2.42. The van der Waals surface area contributed by atoms with Crippen LogP contribution in [0.15, 0.2) is 24.3 Å². The molecule has 1 aromatic carbocycles. The van der Waals surface area contributed by atoms with E-state index in [1.54, 1.807) is 7.11 Å². The molecule has 1 atom stereocenters. The topological polar surface area (TPSA) is 54.3 Å². The van der Waals surface area contributed by atoms with Gasteiger partial charge in [0.25, 0.3) is 0 Å². The first kappa shape index (κ1) is 15.3. The first-order valence-electron chi connectivity index (χ1n) is 6.59. The first-order valence-corrected chi connectivity index (χ1v) is 6.59. The van der Waals surface area contributed by atoms with Crippen molar-refractivity contribution in [3.8, 4) is 11.8 Å². The predicted molar refractivity (Wildman–Crippen MR) is 76.3 cm³/mol. The third-order valence-corrected chi connectivity index (χ3v) is 2.64. The van der Waals surface area contributed by atoms with Crippen molar-refractivity contribution in [3.05, 3.63) is 24.3 Å². The Morgan fingerprint density at radius 3 is 3.00 bits per heavy atom. The molecule has 4 nitrogen and oxygen atoms in total. The monoisotopic (exact) mass is 262 g/mol. The molecule has 0 aliphatic carbocycles. The molecule has 0 spiro atoms. The Kier molecular flexibility index (Phi) is 7.45. The summed E-state index contributed by atoms with van der Waals surface area (Å²) >= 11 is 0. The fourth-order valence-electron chi connectivity index (χ4n) is 1.67. The van der Waals surface area contributed by atoms with Crippen molar-refractivity contribution in [3.63, 3.8) is 0 Å². The van der Waals surface area contributed by atoms with Gasteiger partial charge >= 0.3 is 0 Å². The van der Waals surface area contributed by atoms with Crippen molar-refractivity contribution in [2.24, 2.45) is 5.92 Å². The molecule has 0 amide bonds. The third kappa shape index (κ3) is 6.68. The zero-order chi connectivity index (χ0) is 13.9. The minimum atomic E-state index is 0.463. The molecule has 0 bridgehead atoms. The van der Waals surface area contributed by atoms with Gasteiger partial charge < -0.3 is 14.8 Å². The maximum absolute atomic E-state index is 8.45. The van der Waals surface area contributed by atoms with Crippen LogP contribution in [0, 0.1) is 17.2 Å². The Bertz CT molecular complexity index is 401. The molecule has 0 aliphatic rings. The van der Waals surface area contributed by atoms with Crippen LogP contribution in [0.1, 0.15) is 19.8 Å². The average molecular weight is 262 g/mol. The number of benzene rings is 1. The van der Waals surface area contributed by atoms with Gasteiger partial charge in [0, 0.05) is 31.8 Å². The molecule has 104 valence electrons. The maximum Gasteiger partial charge on any atom is 0.121 e. The summed E-state index contributed by atoms with van der Waals surface area (Å²) in [5, 5.41) is 11.8. The van der Waals surface area contributed by atoms with Crippen molar-refractivity contribution in [2.45, 2.75) is 19.8 Å². The van der Waals surface area contributed by atoms with Crippen LogP contribution in [0.25, 0.3) is 0 Å². The Morgan fingerprint density at radius 2 is 2.26 bits per heavy atom. The van der Waals surface area contributed by atoms with Crippen LogP contribution in [-0.4, -0.2) is 26.9 Å². The number of nitrogens with one attached hydrogen (secondary N) is 1. The van der Waals surface area contributed by atoms with Crippen LogP contribution in [0.2, 0.25) is 0 Å². The number of methoxy groups -OCH3 is 1. The normalized spacial score (nSPS) is 11.6. The molecule has 0 saturated heterocycles. The Balaban J connectivity index is 2.37. The zero-order valence-corrected chi connectivity index (χ0v) is 11.7. The van der Waals surface area contributed by atoms with Crippen molar-refractivity contribution >= 4 is 5.69 Å². The van der Waals surface area contributed by atoms with E-state index in [-0.39, 0.29) is 0 Å². The van der Waals surface area contributed by atoms with Crippen LogP contribution in [0.3, 0.4) is 0 Å². The number of nitriles is 1. The van der Waals surface area contributed by atoms with Crippen LogP contribution in [-0.2, 0) is 4.74 Å². The molecule has 0 heterocycles. The van der Waals surface area contributed by atoms with Gasteiger partial charge in [0.15, 0.2) is 0 Å². The lowest BCUT2D eigenvalue weighted by Gasteiger charge is -2.13. The van der Waals surface area contributed by atoms with E-state index in [2.05, 4.69) is 18.3 Å². The summed E-state index contributed by atoms with van der Waals surface area (Å²) in [7, 11) is 1.71. The predicted octanol–water partition coefficient (Wildman–Crippen LogP) is 3.06. The molecule has 0 radical (unpaired) electrons. The number of unbranched alkanes of at least 4 members (excludes halogenated alkanes) is 1. The summed E-state index contributed by atoms with van der Waals surface area (Å²) in [6.07, 6.45) is 1.30. The Hall–Kier alpha value is -1.73. The molecule has 0 aliphatic heterocycles. The number of rotatable bonds is 9. The van der Waals surface area contributed by atoms with E-state index in [4.69, 9.17) is 14.7 Å². The van der Waals surface area contributed by atoms with Crippen LogP contribution < -0.4 is 10.1 Å². The highest BCUT2D eigenvalue weighted by molar-refractivity contribution is 5.48. The first-order chi connectivity index (χ1) is 9.26. The van der Waals surface area contributed by atoms with Crippen molar-refractivity contribution in [1.82, 2.24) is 0 Å². The van der Waals surface area contributed by atoms with E-state index >= 15 is 0 Å². The lowest BCUT2D eigenvalue weighted by molar-refractivity contribution is 0.164. The van der Waals surface area contributed by atoms with E-state index in [0.29, 0.717) is 18.9 Å². The summed E-state index contributed by atoms with van der Waals surface area (Å²) in [6, 6.07) is 9.99. The van der Waals surface area contributed by atoms with E-state index in [1.165, 1.54) is 0 Å². The van der Waals surface area contributed by atoms with Gasteiger partial charge in [-0.05, 0) is 24.5 Å². The van der Waals surface area contributed by atoms with Gasteiger partial charge in [-0.15, -0.1) is 0 Å². The van der Waals surface area contributed by atoms with E-state index < -0.39 is 0 Å². The molecular weight excluding hydrogens is 240 g/mol. The van der Waals surface area contributed by atoms with E-state index in [9.17, 15) is 0 Å². The van der Waals surface area contributed by atoms with Crippen LogP contribution in [0.5, 0.6) is 5.75 Å². The molecular formula is C15H22N2O2. The van der Waals surface area contributed by atoms with E-state index in [1.807, 2.05) is 24.3 Å². The van der Waals surface area contributed by atoms with Gasteiger partial charge in [-0.25, -0.2) is 0 Å². The highest BCUT2D eigenvalue weighted by atomic mass is 16.5. The van der Waals surface area contributed by atoms with Gasteiger partial charge in [0.2, 0.25) is 0 Å². The summed E-state index contributed by atoms with van der Waals surface area (Å²) in [6.45, 7) is 4.33. The molecule has 19 heavy (non-hydrogen) atoms. The largest absolute Gasteiger partial charge is 0.493 e. The van der Waals surface area contributed by atoms with Crippen molar-refractivity contribution in [2.75, 3.05) is 32.2 Å². The number of hydrogen-bond donors (Lipinski definition) is 1. The molecule has 0 saturated carbocycles. The quantitative estimate of drug-likeness (QED) is 0.695. The lowest BCUT2D eigenvalue weighted by atomic mass is 10.2. The second-order valence-electron chi connectivity index (χ2n) is 4.58. The molecule has 4 heteroatoms. The van der Waals surface area contributed by atoms with Gasteiger partial charge in [-0.2, -0.15) is 5.26 Å². The zero-order valence-electron chi connectivity index (χ0n) is 11.7. The maximum atomic E-state index is 8.45. The summed E-state index contributed by atoms with van der Waals surface area (Å²) < 4.78 is 10.7. The van der Waals surface area contributed by atoms with Gasteiger partial charge in [0.05, 0.1) is 19.3 Å². The highest BCUT2D eigenvalue weighted by Crippen LogP contribution is 2.18. The smallest absolute Gasteiger partial charge is 0.121 e. The van der Waals surface area contributed by atoms with Gasteiger partial charge in [0.1, 0.15) is 5.75 Å². The number of anilines is 1. The van der Waals surface area contributed by atoms with E-state index in [0.717, 1.165) is 31.0 Å². The molecule has 1 aromatic rings. The second kappa shape index (κ2) is 9.23. The summed E-state index contributed by atoms with van der Waals surface area (Å²) in [5.74, 6) is 1.30. The van der Waals surface area contributed by atoms with Gasteiger partial charge in [-0.3, -0.25) is 0 Å². The standard InChI is InChI=1S/C15H22N2O2/c1-13(12-18-2)11-17-14-6-5-7-15(10-14)19-9-4-3-8-16/h5-7,10,13,17H,3-4,9,11-12H2,1-2H3. The number of ether oxygens (including phenoxy) is 2. The van der Waals surface area contributed by atoms with Crippen LogP contribution in [0.4, 0.5) is 5.69 Å². The molecule has 1 N–H and O–H groups in total. The fraction of sp³-hybridized carbons (Fsp3) is 0.533. The SMILES string of the molecule is COCC(C)CNc1cccc(OCCCC#N)c1. The van der Waals surface area contributed by atoms with Crippen molar-refractivity contribution < 1.29 is 9.47 Å². The lowest BCUT2D eigenvalue weighted by Crippen LogP contribution is -2.15.